The summed E-state index contributed by atoms with van der Waals surface area (Å²) < 4.78 is 11.0. The molecule has 7 aromatic carbocycles. The summed E-state index contributed by atoms with van der Waals surface area (Å²) in [6.45, 7) is 0. The van der Waals surface area contributed by atoms with Gasteiger partial charge < -0.3 is 13.6 Å². The maximum atomic E-state index is 6.18. The second-order valence-electron chi connectivity index (χ2n) is 11.4. The lowest BCUT2D eigenvalue weighted by Crippen LogP contribution is -1.95. The molecular formula is C40H24N2O. The topological polar surface area (TPSA) is 23.0 Å². The quantitative estimate of drug-likeness (QED) is 0.211. The van der Waals surface area contributed by atoms with Crippen molar-refractivity contribution >= 4 is 76.3 Å². The number of furan rings is 1. The van der Waals surface area contributed by atoms with Crippen molar-refractivity contribution in [2.45, 2.75) is 0 Å². The molecule has 0 saturated heterocycles. The summed E-state index contributed by atoms with van der Waals surface area (Å²) in [4.78, 5) is 0. The van der Waals surface area contributed by atoms with Crippen LogP contribution in [-0.2, 0) is 0 Å². The molecule has 0 atom stereocenters. The molecule has 3 aromatic heterocycles. The highest BCUT2D eigenvalue weighted by molar-refractivity contribution is 6.22. The van der Waals surface area contributed by atoms with Crippen molar-refractivity contribution in [3.05, 3.63) is 146 Å². The van der Waals surface area contributed by atoms with Crippen LogP contribution in [0, 0.1) is 0 Å². The monoisotopic (exact) mass is 548 g/mol. The van der Waals surface area contributed by atoms with Gasteiger partial charge in [-0.05, 0) is 66.0 Å². The van der Waals surface area contributed by atoms with Crippen LogP contribution in [-0.4, -0.2) is 9.13 Å². The van der Waals surface area contributed by atoms with Crippen LogP contribution >= 0.6 is 0 Å². The largest absolute Gasteiger partial charge is 0.456 e. The number of hydrogen-bond donors (Lipinski definition) is 0. The summed E-state index contributed by atoms with van der Waals surface area (Å²) >= 11 is 0. The number of hydrogen-bond acceptors (Lipinski definition) is 1. The Morgan fingerprint density at radius 2 is 1.02 bits per heavy atom. The SMILES string of the molecule is c1ccc(-n2c3ccccc3c3ccc4cc5c6ccccc6n(-c6ccc7oc8ccccc8c7c6)c5cc4c32)cc1. The van der Waals surface area contributed by atoms with E-state index in [4.69, 9.17) is 4.42 Å². The minimum atomic E-state index is 0.908. The number of para-hydroxylation sites is 4. The highest BCUT2D eigenvalue weighted by Gasteiger charge is 2.19. The molecular weight excluding hydrogens is 524 g/mol. The Balaban J connectivity index is 1.37. The van der Waals surface area contributed by atoms with Gasteiger partial charge in [-0.1, -0.05) is 84.9 Å². The van der Waals surface area contributed by atoms with Crippen LogP contribution in [0.1, 0.15) is 0 Å². The Kier molecular flexibility index (Phi) is 4.45. The molecule has 0 aliphatic carbocycles. The van der Waals surface area contributed by atoms with Crippen LogP contribution in [0.3, 0.4) is 0 Å². The third-order valence-corrected chi connectivity index (χ3v) is 9.08. The van der Waals surface area contributed by atoms with Crippen LogP contribution in [0.5, 0.6) is 0 Å². The first-order chi connectivity index (χ1) is 21.3. The minimum Gasteiger partial charge on any atom is -0.456 e. The van der Waals surface area contributed by atoms with Crippen LogP contribution < -0.4 is 0 Å². The van der Waals surface area contributed by atoms with Crippen molar-refractivity contribution in [1.82, 2.24) is 9.13 Å². The lowest BCUT2D eigenvalue weighted by Gasteiger charge is -2.11. The molecule has 0 N–H and O–H groups in total. The molecule has 3 nitrogen and oxygen atoms in total. The summed E-state index contributed by atoms with van der Waals surface area (Å²) in [6.07, 6.45) is 0. The van der Waals surface area contributed by atoms with Gasteiger partial charge in [0, 0.05) is 49.1 Å². The van der Waals surface area contributed by atoms with Crippen molar-refractivity contribution in [2.24, 2.45) is 0 Å². The third-order valence-electron chi connectivity index (χ3n) is 9.08. The molecule has 10 aromatic rings. The average Bonchev–Trinajstić information content (AvgIpc) is 3.71. The van der Waals surface area contributed by atoms with E-state index >= 15 is 0 Å². The third kappa shape index (κ3) is 3.08. The van der Waals surface area contributed by atoms with E-state index in [-0.39, 0.29) is 0 Å². The van der Waals surface area contributed by atoms with E-state index in [1.807, 2.05) is 12.1 Å². The number of rotatable bonds is 2. The summed E-state index contributed by atoms with van der Waals surface area (Å²) in [7, 11) is 0. The molecule has 200 valence electrons. The van der Waals surface area contributed by atoms with E-state index in [1.165, 1.54) is 60.1 Å². The van der Waals surface area contributed by atoms with Gasteiger partial charge in [-0.15, -0.1) is 0 Å². The van der Waals surface area contributed by atoms with Gasteiger partial charge in [0.1, 0.15) is 11.2 Å². The lowest BCUT2D eigenvalue weighted by atomic mass is 10.0. The van der Waals surface area contributed by atoms with Crippen LogP contribution in [0.4, 0.5) is 0 Å². The summed E-state index contributed by atoms with van der Waals surface area (Å²) in [5.41, 5.74) is 8.95. The zero-order valence-corrected chi connectivity index (χ0v) is 23.2. The van der Waals surface area contributed by atoms with Crippen molar-refractivity contribution in [2.75, 3.05) is 0 Å². The van der Waals surface area contributed by atoms with E-state index in [2.05, 4.69) is 143 Å². The second-order valence-corrected chi connectivity index (χ2v) is 11.4. The van der Waals surface area contributed by atoms with Crippen LogP contribution in [0.2, 0.25) is 0 Å². The number of aromatic nitrogens is 2. The standard InChI is InChI=1S/C40H24N2O/c1-2-10-26(11-3-1)42-36-16-8-4-12-28(36)31-20-18-25-22-33-29-13-5-7-15-35(29)41(37(33)24-32(25)40(31)42)27-19-21-39-34(23-27)30-14-6-9-17-38(30)43-39/h1-24H. The molecule has 43 heavy (non-hydrogen) atoms. The van der Waals surface area contributed by atoms with E-state index < -0.39 is 0 Å². The molecule has 0 spiro atoms. The van der Waals surface area contributed by atoms with E-state index in [0.29, 0.717) is 0 Å². The van der Waals surface area contributed by atoms with E-state index in [0.717, 1.165) is 27.6 Å². The molecule has 3 heteroatoms. The van der Waals surface area contributed by atoms with Gasteiger partial charge in [0.25, 0.3) is 0 Å². The molecule has 0 fully saturated rings. The predicted octanol–water partition coefficient (Wildman–Crippen LogP) is 10.9. The molecule has 0 radical (unpaired) electrons. The van der Waals surface area contributed by atoms with Crippen molar-refractivity contribution < 1.29 is 4.42 Å². The molecule has 0 amide bonds. The first-order valence-corrected chi connectivity index (χ1v) is 14.7. The van der Waals surface area contributed by atoms with Gasteiger partial charge in [-0.25, -0.2) is 0 Å². The van der Waals surface area contributed by atoms with Gasteiger partial charge >= 0.3 is 0 Å². The van der Waals surface area contributed by atoms with Gasteiger partial charge in [0.05, 0.1) is 22.1 Å². The summed E-state index contributed by atoms with van der Waals surface area (Å²) in [5.74, 6) is 0. The van der Waals surface area contributed by atoms with Crippen molar-refractivity contribution in [3.63, 3.8) is 0 Å². The maximum Gasteiger partial charge on any atom is 0.135 e. The zero-order valence-electron chi connectivity index (χ0n) is 23.2. The molecule has 0 unspecified atom stereocenters. The molecule has 10 rings (SSSR count). The smallest absolute Gasteiger partial charge is 0.135 e. The van der Waals surface area contributed by atoms with Crippen molar-refractivity contribution in [3.8, 4) is 11.4 Å². The summed E-state index contributed by atoms with van der Waals surface area (Å²) in [6, 6.07) is 52.4. The van der Waals surface area contributed by atoms with E-state index in [1.54, 1.807) is 0 Å². The first-order valence-electron chi connectivity index (χ1n) is 14.7. The fourth-order valence-corrected chi connectivity index (χ4v) is 7.22. The number of fused-ring (bicyclic) bond motifs is 11. The number of benzene rings is 7. The maximum absolute atomic E-state index is 6.18. The van der Waals surface area contributed by atoms with Crippen molar-refractivity contribution in [1.29, 1.82) is 0 Å². The molecule has 3 heterocycles. The molecule has 0 saturated carbocycles. The highest BCUT2D eigenvalue weighted by atomic mass is 16.3. The highest BCUT2D eigenvalue weighted by Crippen LogP contribution is 2.41. The minimum absolute atomic E-state index is 0.908. The molecule has 0 aliphatic rings. The first kappa shape index (κ1) is 22.8. The van der Waals surface area contributed by atoms with Crippen LogP contribution in [0.25, 0.3) is 87.7 Å². The number of nitrogens with zero attached hydrogens (tertiary/aromatic N) is 2. The van der Waals surface area contributed by atoms with Gasteiger partial charge in [0.2, 0.25) is 0 Å². The van der Waals surface area contributed by atoms with Gasteiger partial charge in [-0.3, -0.25) is 0 Å². The normalized spacial score (nSPS) is 12.2. The van der Waals surface area contributed by atoms with Gasteiger partial charge in [-0.2, -0.15) is 0 Å². The molecule has 0 bridgehead atoms. The van der Waals surface area contributed by atoms with E-state index in [9.17, 15) is 0 Å². The van der Waals surface area contributed by atoms with Gasteiger partial charge in [0.15, 0.2) is 0 Å². The predicted molar refractivity (Wildman–Crippen MR) is 180 cm³/mol. The summed E-state index contributed by atoms with van der Waals surface area (Å²) in [5, 5.41) is 9.78. The fraction of sp³-hybridized carbons (Fsp3) is 0. The lowest BCUT2D eigenvalue weighted by molar-refractivity contribution is 0.669. The fourth-order valence-electron chi connectivity index (χ4n) is 7.22. The Bertz CT molecular complexity index is 2720. The zero-order chi connectivity index (χ0) is 28.1. The Labute approximate surface area is 246 Å². The Morgan fingerprint density at radius 1 is 0.349 bits per heavy atom. The Morgan fingerprint density at radius 3 is 1.86 bits per heavy atom. The van der Waals surface area contributed by atoms with Crippen LogP contribution in [0.15, 0.2) is 150 Å². The second kappa shape index (κ2) is 8.37. The Hall–Kier alpha value is -5.80. The molecule has 0 aliphatic heterocycles. The average molecular weight is 549 g/mol.